The number of H-pyrrole nitrogens is 1. The number of hydrogen-bond donors (Lipinski definition) is 1. The summed E-state index contributed by atoms with van der Waals surface area (Å²) in [6.07, 6.45) is 1.94. The maximum absolute atomic E-state index is 13.4. The highest BCUT2D eigenvalue weighted by atomic mass is 16.2. The molecule has 37 heavy (non-hydrogen) atoms. The Balaban J connectivity index is 1.43. The second-order valence-electron chi connectivity index (χ2n) is 9.41. The van der Waals surface area contributed by atoms with Crippen molar-refractivity contribution in [3.63, 3.8) is 0 Å². The summed E-state index contributed by atoms with van der Waals surface area (Å²) >= 11 is 0. The molecule has 2 heterocycles. The predicted octanol–water partition coefficient (Wildman–Crippen LogP) is 5.41. The van der Waals surface area contributed by atoms with Gasteiger partial charge in [-0.2, -0.15) is 5.11 Å². The Bertz CT molecular complexity index is 1430. The van der Waals surface area contributed by atoms with Crippen LogP contribution >= 0.6 is 0 Å². The summed E-state index contributed by atoms with van der Waals surface area (Å²) < 4.78 is 1.44. The van der Waals surface area contributed by atoms with E-state index in [0.717, 1.165) is 31.5 Å². The van der Waals surface area contributed by atoms with E-state index in [1.54, 1.807) is 24.3 Å². The zero-order chi connectivity index (χ0) is 25.8. The molecule has 1 aromatic heterocycles. The molecule has 3 aromatic carbocycles. The van der Waals surface area contributed by atoms with Crippen molar-refractivity contribution in [1.29, 1.82) is 0 Å². The number of carbonyl (C=O) groups excluding carboxylic acids is 1. The third-order valence-corrected chi connectivity index (χ3v) is 6.80. The average molecular weight is 495 g/mol. The number of likely N-dealkylation sites (tertiary alicyclic amines) is 1. The number of nitrogens with zero attached hydrogens (tertiary/aromatic N) is 5. The Labute approximate surface area is 215 Å². The lowest BCUT2D eigenvalue weighted by atomic mass is 10.0. The molecule has 0 aliphatic carbocycles. The summed E-state index contributed by atoms with van der Waals surface area (Å²) in [5.41, 5.74) is 3.20. The molecule has 1 N–H and O–H groups in total. The molecule has 1 aliphatic rings. The summed E-state index contributed by atoms with van der Waals surface area (Å²) in [6.45, 7) is 1.49. The van der Waals surface area contributed by atoms with E-state index < -0.39 is 0 Å². The number of rotatable bonds is 6. The van der Waals surface area contributed by atoms with Gasteiger partial charge in [0.15, 0.2) is 5.69 Å². The minimum atomic E-state index is -0.316. The molecule has 1 fully saturated rings. The third kappa shape index (κ3) is 5.29. The standard InChI is InChI=1S/C29H30N6O2/c1-33(2)24-17-19-34(20-18-24)28(36)22-13-15-25(16-14-22)35-29(37)27(31-30-23-11-7-4-8-12-23)26(32-35)21-9-5-3-6-10-21/h3-16,24,32H,17-20H2,1-2H3. The summed E-state index contributed by atoms with van der Waals surface area (Å²) in [5, 5.41) is 11.8. The first-order chi connectivity index (χ1) is 18.0. The number of azo groups is 1. The van der Waals surface area contributed by atoms with Crippen molar-refractivity contribution in [2.24, 2.45) is 10.2 Å². The van der Waals surface area contributed by atoms with Gasteiger partial charge >= 0.3 is 0 Å². The van der Waals surface area contributed by atoms with Crippen molar-refractivity contribution in [3.8, 4) is 16.9 Å². The van der Waals surface area contributed by atoms with E-state index in [-0.39, 0.29) is 17.2 Å². The second kappa shape index (κ2) is 10.8. The Morgan fingerprint density at radius 2 is 1.49 bits per heavy atom. The van der Waals surface area contributed by atoms with E-state index >= 15 is 0 Å². The minimum absolute atomic E-state index is 0.0184. The van der Waals surface area contributed by atoms with Gasteiger partial charge in [-0.15, -0.1) is 5.11 Å². The minimum Gasteiger partial charge on any atom is -0.339 e. The lowest BCUT2D eigenvalue weighted by Crippen LogP contribution is -2.44. The zero-order valence-electron chi connectivity index (χ0n) is 21.0. The van der Waals surface area contributed by atoms with Gasteiger partial charge in [0.05, 0.1) is 17.1 Å². The number of hydrogen-bond acceptors (Lipinski definition) is 5. The summed E-state index contributed by atoms with van der Waals surface area (Å²) in [6, 6.07) is 26.5. The smallest absolute Gasteiger partial charge is 0.299 e. The first-order valence-electron chi connectivity index (χ1n) is 12.4. The summed E-state index contributed by atoms with van der Waals surface area (Å²) in [5.74, 6) is 0.0184. The molecule has 0 saturated carbocycles. The maximum atomic E-state index is 13.4. The van der Waals surface area contributed by atoms with E-state index in [4.69, 9.17) is 0 Å². The van der Waals surface area contributed by atoms with Crippen molar-refractivity contribution in [3.05, 3.63) is 101 Å². The van der Waals surface area contributed by atoms with Gasteiger partial charge in [0.25, 0.3) is 11.5 Å². The molecular weight excluding hydrogens is 464 g/mol. The quantitative estimate of drug-likeness (QED) is 0.364. The van der Waals surface area contributed by atoms with Crippen LogP contribution in [0.5, 0.6) is 0 Å². The van der Waals surface area contributed by atoms with E-state index in [9.17, 15) is 9.59 Å². The normalized spacial score (nSPS) is 14.5. The summed E-state index contributed by atoms with van der Waals surface area (Å²) in [7, 11) is 4.17. The van der Waals surface area contributed by atoms with Gasteiger partial charge in [0.1, 0.15) is 0 Å². The monoisotopic (exact) mass is 494 g/mol. The van der Waals surface area contributed by atoms with E-state index in [2.05, 4.69) is 34.3 Å². The fourth-order valence-corrected chi connectivity index (χ4v) is 4.63. The van der Waals surface area contributed by atoms with E-state index in [1.165, 1.54) is 4.68 Å². The molecule has 8 nitrogen and oxygen atoms in total. The van der Waals surface area contributed by atoms with Gasteiger partial charge < -0.3 is 9.80 Å². The van der Waals surface area contributed by atoms with Crippen molar-refractivity contribution >= 4 is 17.3 Å². The number of aromatic nitrogens is 2. The fraction of sp³-hybridized carbons (Fsp3) is 0.241. The highest BCUT2D eigenvalue weighted by Gasteiger charge is 2.25. The van der Waals surface area contributed by atoms with Crippen molar-refractivity contribution in [2.45, 2.75) is 18.9 Å². The first-order valence-corrected chi connectivity index (χ1v) is 12.4. The molecule has 5 rings (SSSR count). The van der Waals surface area contributed by atoms with Crippen LogP contribution in [-0.2, 0) is 0 Å². The first kappa shape index (κ1) is 24.4. The molecule has 0 spiro atoms. The number of piperidine rings is 1. The number of amides is 1. The molecule has 188 valence electrons. The molecule has 4 aromatic rings. The number of carbonyl (C=O) groups is 1. The Kier molecular flexibility index (Phi) is 7.09. The van der Waals surface area contributed by atoms with E-state index in [1.807, 2.05) is 65.6 Å². The second-order valence-corrected chi connectivity index (χ2v) is 9.41. The van der Waals surface area contributed by atoms with Crippen LogP contribution in [0.2, 0.25) is 0 Å². The van der Waals surface area contributed by atoms with Crippen molar-refractivity contribution in [2.75, 3.05) is 27.2 Å². The highest BCUT2D eigenvalue weighted by Crippen LogP contribution is 2.28. The van der Waals surface area contributed by atoms with Crippen LogP contribution in [0.3, 0.4) is 0 Å². The van der Waals surface area contributed by atoms with Gasteiger partial charge in [0, 0.05) is 30.3 Å². The largest absolute Gasteiger partial charge is 0.339 e. The Morgan fingerprint density at radius 3 is 2.11 bits per heavy atom. The van der Waals surface area contributed by atoms with Crippen LogP contribution in [0.25, 0.3) is 16.9 Å². The van der Waals surface area contributed by atoms with Crippen LogP contribution in [0.4, 0.5) is 11.4 Å². The topological polar surface area (TPSA) is 86.1 Å². The van der Waals surface area contributed by atoms with Gasteiger partial charge in [-0.3, -0.25) is 14.7 Å². The molecule has 0 radical (unpaired) electrons. The number of aromatic amines is 1. The number of nitrogens with one attached hydrogen (secondary N) is 1. The van der Waals surface area contributed by atoms with Crippen LogP contribution in [-0.4, -0.2) is 58.7 Å². The number of benzene rings is 3. The van der Waals surface area contributed by atoms with Gasteiger partial charge in [-0.25, -0.2) is 4.68 Å². The summed E-state index contributed by atoms with van der Waals surface area (Å²) in [4.78, 5) is 30.6. The maximum Gasteiger partial charge on any atom is 0.299 e. The van der Waals surface area contributed by atoms with Gasteiger partial charge in [-0.1, -0.05) is 48.5 Å². The molecule has 1 aliphatic heterocycles. The molecule has 1 saturated heterocycles. The van der Waals surface area contributed by atoms with Crippen LogP contribution < -0.4 is 5.56 Å². The lowest BCUT2D eigenvalue weighted by Gasteiger charge is -2.35. The Hall–Kier alpha value is -4.30. The molecule has 0 unspecified atom stereocenters. The van der Waals surface area contributed by atoms with Gasteiger partial charge in [-0.05, 0) is 63.3 Å². The molecule has 8 heteroatoms. The highest BCUT2D eigenvalue weighted by molar-refractivity contribution is 5.94. The lowest BCUT2D eigenvalue weighted by molar-refractivity contribution is 0.0663. The van der Waals surface area contributed by atoms with Crippen LogP contribution in [0.15, 0.2) is 100.0 Å². The fourth-order valence-electron chi connectivity index (χ4n) is 4.63. The van der Waals surface area contributed by atoms with Crippen LogP contribution in [0.1, 0.15) is 23.2 Å². The SMILES string of the molecule is CN(C)C1CCN(C(=O)c2ccc(-n3[nH]c(-c4ccccc4)c(N=Nc4ccccc4)c3=O)cc2)CC1. The molecule has 1 amide bonds. The zero-order valence-corrected chi connectivity index (χ0v) is 21.0. The Morgan fingerprint density at radius 1 is 0.865 bits per heavy atom. The molecular formula is C29H30N6O2. The van der Waals surface area contributed by atoms with Crippen molar-refractivity contribution < 1.29 is 4.79 Å². The predicted molar refractivity (Wildman–Crippen MR) is 145 cm³/mol. The average Bonchev–Trinajstić information content (AvgIpc) is 3.28. The van der Waals surface area contributed by atoms with Crippen molar-refractivity contribution in [1.82, 2.24) is 19.6 Å². The van der Waals surface area contributed by atoms with E-state index in [0.29, 0.717) is 28.7 Å². The van der Waals surface area contributed by atoms with Crippen LogP contribution in [0, 0.1) is 0 Å². The van der Waals surface area contributed by atoms with Gasteiger partial charge in [0.2, 0.25) is 0 Å². The molecule has 0 atom stereocenters. The third-order valence-electron chi connectivity index (χ3n) is 6.80. The molecule has 0 bridgehead atoms.